The fourth-order valence-electron chi connectivity index (χ4n) is 4.04. The molecule has 2 aromatic carbocycles. The third kappa shape index (κ3) is 5.08. The van der Waals surface area contributed by atoms with Crippen LogP contribution in [0.15, 0.2) is 45.6 Å². The molecule has 0 bridgehead atoms. The molecule has 2 amide bonds. The Balaban J connectivity index is 1.58. The summed E-state index contributed by atoms with van der Waals surface area (Å²) in [6.45, 7) is 5.05. The Morgan fingerprint density at radius 3 is 2.56 bits per heavy atom. The van der Waals surface area contributed by atoms with E-state index in [2.05, 4.69) is 5.32 Å². The predicted octanol–water partition coefficient (Wildman–Crippen LogP) is 3.66. The minimum absolute atomic E-state index is 0.103. The molecule has 0 aliphatic carbocycles. The number of hydrogen-bond donors (Lipinski definition) is 1. The number of fused-ring (bicyclic) bond motifs is 1. The number of nitrogens with zero attached hydrogens (tertiary/aromatic N) is 2. The number of nitrogens with one attached hydrogen (secondary N) is 1. The Morgan fingerprint density at radius 2 is 1.85 bits per heavy atom. The predicted molar refractivity (Wildman–Crippen MR) is 128 cm³/mol. The molecular weight excluding hydrogens is 438 g/mol. The summed E-state index contributed by atoms with van der Waals surface area (Å²) in [6.07, 6.45) is 2.92. The van der Waals surface area contributed by atoms with Crippen LogP contribution in [0, 0.1) is 0 Å². The van der Waals surface area contributed by atoms with Gasteiger partial charge in [-0.3, -0.25) is 14.2 Å². The van der Waals surface area contributed by atoms with Crippen molar-refractivity contribution in [1.82, 2.24) is 9.47 Å². The van der Waals surface area contributed by atoms with E-state index in [1.54, 1.807) is 48.4 Å². The lowest BCUT2D eigenvalue weighted by Gasteiger charge is -2.26. The molecule has 3 aromatic rings. The summed E-state index contributed by atoms with van der Waals surface area (Å²) in [6, 6.07) is 9.87. The molecule has 0 unspecified atom stereocenters. The highest BCUT2D eigenvalue weighted by Crippen LogP contribution is 2.27. The molecule has 180 valence electrons. The van der Waals surface area contributed by atoms with Gasteiger partial charge >= 0.3 is 5.76 Å². The maximum atomic E-state index is 13.0. The number of amides is 2. The van der Waals surface area contributed by atoms with Crippen molar-refractivity contribution in [1.29, 1.82) is 0 Å². The molecule has 1 N–H and O–H groups in total. The molecule has 1 aliphatic heterocycles. The Morgan fingerprint density at radius 1 is 1.09 bits per heavy atom. The molecular formula is C25H29N3O6. The van der Waals surface area contributed by atoms with Gasteiger partial charge in [-0.15, -0.1) is 0 Å². The van der Waals surface area contributed by atoms with Gasteiger partial charge in [0.2, 0.25) is 5.91 Å². The lowest BCUT2D eigenvalue weighted by atomic mass is 10.1. The molecule has 0 atom stereocenters. The van der Waals surface area contributed by atoms with Crippen molar-refractivity contribution in [3.63, 3.8) is 0 Å². The quantitative estimate of drug-likeness (QED) is 0.569. The zero-order chi connectivity index (χ0) is 24.2. The molecule has 1 saturated heterocycles. The average molecular weight is 468 g/mol. The van der Waals surface area contributed by atoms with Gasteiger partial charge in [0.25, 0.3) is 5.91 Å². The van der Waals surface area contributed by atoms with Gasteiger partial charge in [0.1, 0.15) is 18.0 Å². The zero-order valence-corrected chi connectivity index (χ0v) is 19.6. The average Bonchev–Trinajstić information content (AvgIpc) is 3.13. The molecule has 4 rings (SSSR count). The summed E-state index contributed by atoms with van der Waals surface area (Å²) >= 11 is 0. The van der Waals surface area contributed by atoms with E-state index < -0.39 is 5.76 Å². The highest BCUT2D eigenvalue weighted by molar-refractivity contribution is 6.07. The number of piperidine rings is 1. The van der Waals surface area contributed by atoms with Crippen LogP contribution in [-0.4, -0.2) is 47.6 Å². The third-order valence-corrected chi connectivity index (χ3v) is 5.72. The van der Waals surface area contributed by atoms with Gasteiger partial charge in [-0.2, -0.15) is 0 Å². The van der Waals surface area contributed by atoms with E-state index >= 15 is 0 Å². The standard InChI is InChI=1S/C25H29N3O6/c1-16(2)33-22-14-18(32-3)8-9-19(22)24(30)26-17-7-10-21-20(13-17)28(25(31)34-21)15-23(29)27-11-5-4-6-12-27/h7-10,13-14,16H,4-6,11-12,15H2,1-3H3,(H,26,30). The lowest BCUT2D eigenvalue weighted by Crippen LogP contribution is -2.39. The Kier molecular flexibility index (Phi) is 6.90. The molecule has 0 spiro atoms. The molecule has 1 aromatic heterocycles. The molecule has 1 aliphatic rings. The van der Waals surface area contributed by atoms with Gasteiger partial charge in [-0.1, -0.05) is 0 Å². The van der Waals surface area contributed by atoms with Crippen molar-refractivity contribution >= 4 is 28.6 Å². The molecule has 0 saturated carbocycles. The second-order valence-electron chi connectivity index (χ2n) is 8.56. The number of carbonyl (C=O) groups excluding carboxylic acids is 2. The van der Waals surface area contributed by atoms with Crippen LogP contribution in [0.5, 0.6) is 11.5 Å². The maximum Gasteiger partial charge on any atom is 0.420 e. The number of carbonyl (C=O) groups is 2. The van der Waals surface area contributed by atoms with Gasteiger partial charge in [0.15, 0.2) is 5.58 Å². The number of rotatable bonds is 7. The first-order valence-corrected chi connectivity index (χ1v) is 11.4. The molecule has 0 radical (unpaired) electrons. The first kappa shape index (κ1) is 23.4. The van der Waals surface area contributed by atoms with Crippen LogP contribution < -0.4 is 20.5 Å². The summed E-state index contributed by atoms with van der Waals surface area (Å²) in [5.41, 5.74) is 1.60. The van der Waals surface area contributed by atoms with Crippen molar-refractivity contribution < 1.29 is 23.5 Å². The van der Waals surface area contributed by atoms with Crippen LogP contribution in [0.4, 0.5) is 5.69 Å². The van der Waals surface area contributed by atoms with E-state index in [0.717, 1.165) is 19.3 Å². The monoisotopic (exact) mass is 467 g/mol. The minimum Gasteiger partial charge on any atom is -0.497 e. The first-order chi connectivity index (χ1) is 16.4. The second kappa shape index (κ2) is 10.0. The van der Waals surface area contributed by atoms with Crippen LogP contribution in [-0.2, 0) is 11.3 Å². The summed E-state index contributed by atoms with van der Waals surface area (Å²) in [4.78, 5) is 40.0. The van der Waals surface area contributed by atoms with Crippen LogP contribution >= 0.6 is 0 Å². The zero-order valence-electron chi connectivity index (χ0n) is 19.6. The third-order valence-electron chi connectivity index (χ3n) is 5.72. The van der Waals surface area contributed by atoms with Crippen molar-refractivity contribution in [3.05, 3.63) is 52.5 Å². The van der Waals surface area contributed by atoms with E-state index in [9.17, 15) is 14.4 Å². The van der Waals surface area contributed by atoms with Crippen LogP contribution in [0.25, 0.3) is 11.1 Å². The number of oxazole rings is 1. The molecule has 34 heavy (non-hydrogen) atoms. The topological polar surface area (TPSA) is 103 Å². The Labute approximate surface area is 197 Å². The minimum atomic E-state index is -0.605. The molecule has 9 nitrogen and oxygen atoms in total. The number of methoxy groups -OCH3 is 1. The van der Waals surface area contributed by atoms with Gasteiger partial charge in [0, 0.05) is 24.8 Å². The fraction of sp³-hybridized carbons (Fsp3) is 0.400. The Bertz CT molecular complexity index is 1250. The van der Waals surface area contributed by atoms with Crippen molar-refractivity contribution in [2.45, 2.75) is 45.8 Å². The smallest absolute Gasteiger partial charge is 0.420 e. The largest absolute Gasteiger partial charge is 0.497 e. The highest BCUT2D eigenvalue weighted by Gasteiger charge is 2.21. The summed E-state index contributed by atoms with van der Waals surface area (Å²) in [5.74, 6) is -0.117. The summed E-state index contributed by atoms with van der Waals surface area (Å²) in [7, 11) is 1.55. The van der Waals surface area contributed by atoms with E-state index in [0.29, 0.717) is 46.9 Å². The number of benzene rings is 2. The van der Waals surface area contributed by atoms with Gasteiger partial charge in [0.05, 0.1) is 24.3 Å². The van der Waals surface area contributed by atoms with Crippen molar-refractivity contribution in [2.24, 2.45) is 0 Å². The molecule has 2 heterocycles. The van der Waals surface area contributed by atoms with Crippen LogP contribution in [0.1, 0.15) is 43.5 Å². The number of likely N-dealkylation sites (tertiary alicyclic amines) is 1. The normalized spacial score (nSPS) is 13.8. The van der Waals surface area contributed by atoms with Gasteiger partial charge < -0.3 is 24.1 Å². The van der Waals surface area contributed by atoms with Crippen molar-refractivity contribution in [2.75, 3.05) is 25.5 Å². The number of aromatic nitrogens is 1. The lowest BCUT2D eigenvalue weighted by molar-refractivity contribution is -0.132. The number of anilines is 1. The van der Waals surface area contributed by atoms with Crippen LogP contribution in [0.2, 0.25) is 0 Å². The van der Waals surface area contributed by atoms with E-state index in [-0.39, 0.29) is 24.5 Å². The Hall–Kier alpha value is -3.75. The van der Waals surface area contributed by atoms with E-state index in [4.69, 9.17) is 13.9 Å². The van der Waals surface area contributed by atoms with Crippen molar-refractivity contribution in [3.8, 4) is 11.5 Å². The van der Waals surface area contributed by atoms with Crippen LogP contribution in [0.3, 0.4) is 0 Å². The second-order valence-corrected chi connectivity index (χ2v) is 8.56. The molecule has 1 fully saturated rings. The van der Waals surface area contributed by atoms with E-state index in [1.807, 2.05) is 13.8 Å². The number of ether oxygens (including phenoxy) is 2. The maximum absolute atomic E-state index is 13.0. The van der Waals surface area contributed by atoms with Gasteiger partial charge in [-0.25, -0.2) is 4.79 Å². The SMILES string of the molecule is COc1ccc(C(=O)Nc2ccc3oc(=O)n(CC(=O)N4CCCCC4)c3c2)c(OC(C)C)c1. The molecule has 9 heteroatoms. The highest BCUT2D eigenvalue weighted by atomic mass is 16.5. The fourth-order valence-corrected chi connectivity index (χ4v) is 4.04. The van der Waals surface area contributed by atoms with E-state index in [1.165, 1.54) is 4.57 Å². The number of hydrogen-bond acceptors (Lipinski definition) is 6. The summed E-state index contributed by atoms with van der Waals surface area (Å²) < 4.78 is 17.7. The summed E-state index contributed by atoms with van der Waals surface area (Å²) in [5, 5.41) is 2.84. The first-order valence-electron chi connectivity index (χ1n) is 11.4. The van der Waals surface area contributed by atoms with Gasteiger partial charge in [-0.05, 0) is 63.4 Å².